The van der Waals surface area contributed by atoms with Gasteiger partial charge in [-0.05, 0) is 36.8 Å². The Bertz CT molecular complexity index is 1350. The van der Waals surface area contributed by atoms with Crippen LogP contribution in [0.2, 0.25) is 0 Å². The second-order valence-electron chi connectivity index (χ2n) is 7.57. The van der Waals surface area contributed by atoms with Crippen LogP contribution in [0, 0.1) is 29.7 Å². The van der Waals surface area contributed by atoms with Gasteiger partial charge in [-0.1, -0.05) is 23.8 Å². The molecular formula is C24H22N8O2. The standard InChI is InChI=1S/C24H22N8O2/c1-13-3-6-16(7-4-13)34-11-15-9-14(5-8-18(15)33-2)21-19-20(27)17(10-25)22(28)31-23(19)32-24(30-21)29-12-26/h3-9,21H,11H2,1-2H3,(H6,27,28,29,30,31,32). The summed E-state index contributed by atoms with van der Waals surface area (Å²) in [5.74, 6) is 1.87. The van der Waals surface area contributed by atoms with E-state index in [9.17, 15) is 5.26 Å². The Kier molecular flexibility index (Phi) is 6.06. The van der Waals surface area contributed by atoms with Gasteiger partial charge in [-0.15, -0.1) is 0 Å². The van der Waals surface area contributed by atoms with Crippen LogP contribution in [-0.4, -0.2) is 18.1 Å². The second kappa shape index (κ2) is 9.27. The SMILES string of the molecule is COc1ccc(C2N=C(NC#N)Nc3nc(N)c(C#N)c(N)c32)cc1COc1ccc(C)cc1. The number of nitrogens with zero attached hydrogens (tertiary/aromatic N) is 4. The lowest BCUT2D eigenvalue weighted by molar-refractivity contribution is 0.296. The fourth-order valence-corrected chi connectivity index (χ4v) is 3.70. The van der Waals surface area contributed by atoms with E-state index < -0.39 is 6.04 Å². The number of anilines is 3. The van der Waals surface area contributed by atoms with Gasteiger partial charge in [-0.3, -0.25) is 5.32 Å². The van der Waals surface area contributed by atoms with Gasteiger partial charge < -0.3 is 26.3 Å². The average molecular weight is 454 g/mol. The third kappa shape index (κ3) is 4.20. The van der Waals surface area contributed by atoms with Crippen molar-refractivity contribution in [1.82, 2.24) is 10.3 Å². The normalized spacial score (nSPS) is 14.0. The van der Waals surface area contributed by atoms with Gasteiger partial charge in [0.15, 0.2) is 6.19 Å². The number of benzene rings is 2. The molecule has 170 valence electrons. The van der Waals surface area contributed by atoms with Crippen molar-refractivity contribution >= 4 is 23.3 Å². The first-order chi connectivity index (χ1) is 16.4. The van der Waals surface area contributed by atoms with E-state index in [4.69, 9.17) is 26.2 Å². The van der Waals surface area contributed by atoms with Gasteiger partial charge >= 0.3 is 0 Å². The fourth-order valence-electron chi connectivity index (χ4n) is 3.70. The number of aryl methyl sites for hydroxylation is 1. The summed E-state index contributed by atoms with van der Waals surface area (Å²) >= 11 is 0. The molecule has 0 spiro atoms. The summed E-state index contributed by atoms with van der Waals surface area (Å²) in [4.78, 5) is 8.87. The van der Waals surface area contributed by atoms with Gasteiger partial charge in [0.1, 0.15) is 47.4 Å². The molecule has 0 saturated heterocycles. The largest absolute Gasteiger partial charge is 0.496 e. The van der Waals surface area contributed by atoms with Gasteiger partial charge in [-0.25, -0.2) is 9.98 Å². The Morgan fingerprint density at radius 1 is 1.15 bits per heavy atom. The number of hydrogen-bond acceptors (Lipinski definition) is 10. The number of pyridine rings is 1. The predicted molar refractivity (Wildman–Crippen MR) is 128 cm³/mol. The molecule has 0 radical (unpaired) electrons. The zero-order chi connectivity index (χ0) is 24.2. The zero-order valence-electron chi connectivity index (χ0n) is 18.6. The molecule has 1 aromatic heterocycles. The monoisotopic (exact) mass is 454 g/mol. The zero-order valence-corrected chi connectivity index (χ0v) is 18.6. The van der Waals surface area contributed by atoms with E-state index >= 15 is 0 Å². The first-order valence-corrected chi connectivity index (χ1v) is 10.3. The number of nitrogens with two attached hydrogens (primary N) is 2. The number of nitriles is 2. The molecule has 3 aromatic rings. The fraction of sp³-hybridized carbons (Fsp3) is 0.167. The van der Waals surface area contributed by atoms with Gasteiger partial charge in [0.05, 0.1) is 12.8 Å². The van der Waals surface area contributed by atoms with Crippen LogP contribution < -0.4 is 31.6 Å². The summed E-state index contributed by atoms with van der Waals surface area (Å²) < 4.78 is 11.5. The lowest BCUT2D eigenvalue weighted by Gasteiger charge is -2.26. The number of rotatable bonds is 5. The Morgan fingerprint density at radius 3 is 2.59 bits per heavy atom. The maximum atomic E-state index is 9.51. The second-order valence-corrected chi connectivity index (χ2v) is 7.57. The summed E-state index contributed by atoms with van der Waals surface area (Å²) in [7, 11) is 1.58. The van der Waals surface area contributed by atoms with Crippen molar-refractivity contribution in [2.45, 2.75) is 19.6 Å². The summed E-state index contributed by atoms with van der Waals surface area (Å²) in [5, 5.41) is 24.0. The van der Waals surface area contributed by atoms with Crippen molar-refractivity contribution in [3.8, 4) is 23.8 Å². The molecule has 4 rings (SSSR count). The summed E-state index contributed by atoms with van der Waals surface area (Å²) in [5.41, 5.74) is 15.6. The topological polar surface area (TPSA) is 167 Å². The van der Waals surface area contributed by atoms with Gasteiger partial charge in [0, 0.05) is 11.1 Å². The van der Waals surface area contributed by atoms with Crippen LogP contribution in [0.4, 0.5) is 17.3 Å². The van der Waals surface area contributed by atoms with Crippen molar-refractivity contribution < 1.29 is 9.47 Å². The number of aliphatic imine (C=N–C) groups is 1. The highest BCUT2D eigenvalue weighted by Crippen LogP contribution is 2.41. The number of methoxy groups -OCH3 is 1. The van der Waals surface area contributed by atoms with Crippen LogP contribution in [0.15, 0.2) is 47.5 Å². The van der Waals surface area contributed by atoms with Crippen molar-refractivity contribution in [1.29, 1.82) is 10.5 Å². The molecule has 0 aliphatic carbocycles. The molecule has 34 heavy (non-hydrogen) atoms. The number of hydrogen-bond donors (Lipinski definition) is 4. The van der Waals surface area contributed by atoms with Gasteiger partial charge in [-0.2, -0.15) is 10.5 Å². The van der Waals surface area contributed by atoms with Crippen LogP contribution in [0.25, 0.3) is 0 Å². The Balaban J connectivity index is 1.77. The van der Waals surface area contributed by atoms with Crippen LogP contribution >= 0.6 is 0 Å². The summed E-state index contributed by atoms with van der Waals surface area (Å²) in [6.45, 7) is 2.26. The van der Waals surface area contributed by atoms with E-state index in [0.29, 0.717) is 17.1 Å². The number of ether oxygens (including phenoxy) is 2. The summed E-state index contributed by atoms with van der Waals surface area (Å²) in [6, 6.07) is 14.6. The third-order valence-electron chi connectivity index (χ3n) is 5.39. The van der Waals surface area contributed by atoms with Crippen LogP contribution in [0.3, 0.4) is 0 Å². The highest BCUT2D eigenvalue weighted by molar-refractivity contribution is 5.98. The van der Waals surface area contributed by atoms with Crippen LogP contribution in [-0.2, 0) is 6.61 Å². The highest BCUT2D eigenvalue weighted by atomic mass is 16.5. The van der Waals surface area contributed by atoms with E-state index in [0.717, 1.165) is 22.4 Å². The minimum Gasteiger partial charge on any atom is -0.496 e. The quantitative estimate of drug-likeness (QED) is 0.334. The molecule has 10 nitrogen and oxygen atoms in total. The van der Waals surface area contributed by atoms with Crippen LogP contribution in [0.1, 0.15) is 33.9 Å². The maximum Gasteiger partial charge on any atom is 0.211 e. The Hall–Kier alpha value is -4.96. The molecule has 1 atom stereocenters. The first-order valence-electron chi connectivity index (χ1n) is 10.3. The molecule has 6 N–H and O–H groups in total. The molecule has 0 saturated carbocycles. The highest BCUT2D eigenvalue weighted by Gasteiger charge is 2.30. The molecule has 2 heterocycles. The van der Waals surface area contributed by atoms with E-state index in [1.54, 1.807) is 7.11 Å². The van der Waals surface area contributed by atoms with Crippen molar-refractivity contribution in [2.75, 3.05) is 23.9 Å². The van der Waals surface area contributed by atoms with Crippen LogP contribution in [0.5, 0.6) is 11.5 Å². The smallest absolute Gasteiger partial charge is 0.211 e. The molecule has 0 amide bonds. The Labute approximate surface area is 196 Å². The Morgan fingerprint density at radius 2 is 1.91 bits per heavy atom. The van der Waals surface area contributed by atoms with Crippen molar-refractivity contribution in [3.05, 3.63) is 70.3 Å². The molecular weight excluding hydrogens is 432 g/mol. The first kappa shape index (κ1) is 22.2. The molecule has 1 aliphatic rings. The van der Waals surface area contributed by atoms with E-state index in [2.05, 4.69) is 20.6 Å². The molecule has 1 unspecified atom stereocenters. The number of guanidine groups is 1. The average Bonchev–Trinajstić information content (AvgIpc) is 2.83. The predicted octanol–water partition coefficient (Wildman–Crippen LogP) is 2.96. The molecule has 0 fully saturated rings. The van der Waals surface area contributed by atoms with E-state index in [-0.39, 0.29) is 29.6 Å². The molecule has 1 aliphatic heterocycles. The number of fused-ring (bicyclic) bond motifs is 1. The molecule has 2 aromatic carbocycles. The van der Waals surface area contributed by atoms with Gasteiger partial charge in [0.2, 0.25) is 5.96 Å². The minimum absolute atomic E-state index is 0.00914. The third-order valence-corrected chi connectivity index (χ3v) is 5.39. The minimum atomic E-state index is -0.656. The number of nitrogen functional groups attached to an aromatic ring is 2. The lowest BCUT2D eigenvalue weighted by atomic mass is 9.94. The van der Waals surface area contributed by atoms with Crippen molar-refractivity contribution in [3.63, 3.8) is 0 Å². The van der Waals surface area contributed by atoms with E-state index in [1.807, 2.05) is 61.7 Å². The summed E-state index contributed by atoms with van der Waals surface area (Å²) in [6.07, 6.45) is 1.84. The lowest BCUT2D eigenvalue weighted by Crippen LogP contribution is -2.32. The van der Waals surface area contributed by atoms with Crippen molar-refractivity contribution in [2.24, 2.45) is 4.99 Å². The number of nitrogens with one attached hydrogen (secondary N) is 2. The maximum absolute atomic E-state index is 9.51. The van der Waals surface area contributed by atoms with Gasteiger partial charge in [0.25, 0.3) is 0 Å². The number of aromatic nitrogens is 1. The molecule has 0 bridgehead atoms. The van der Waals surface area contributed by atoms with E-state index in [1.165, 1.54) is 0 Å². The molecule has 10 heteroatoms.